The van der Waals surface area contributed by atoms with E-state index in [0.29, 0.717) is 5.41 Å². The van der Waals surface area contributed by atoms with Crippen LogP contribution < -0.4 is 5.32 Å². The molecule has 16 heavy (non-hydrogen) atoms. The van der Waals surface area contributed by atoms with E-state index in [1.54, 1.807) is 0 Å². The first-order valence-corrected chi connectivity index (χ1v) is 6.94. The molecule has 1 saturated heterocycles. The van der Waals surface area contributed by atoms with Gasteiger partial charge in [-0.2, -0.15) is 0 Å². The minimum Gasteiger partial charge on any atom is -0.315 e. The van der Waals surface area contributed by atoms with E-state index in [0.717, 1.165) is 19.0 Å². The predicted octanol–water partition coefficient (Wildman–Crippen LogP) is 2.74. The van der Waals surface area contributed by atoms with E-state index in [4.69, 9.17) is 0 Å². The molecule has 0 aliphatic carbocycles. The molecule has 1 fully saturated rings. The summed E-state index contributed by atoms with van der Waals surface area (Å²) in [6, 6.07) is 0. The molecule has 96 valence electrons. The topological polar surface area (TPSA) is 15.3 Å². The molecule has 1 unspecified atom stereocenters. The van der Waals surface area contributed by atoms with Crippen LogP contribution in [0.15, 0.2) is 0 Å². The van der Waals surface area contributed by atoms with Crippen molar-refractivity contribution in [2.75, 3.05) is 32.7 Å². The highest BCUT2D eigenvalue weighted by molar-refractivity contribution is 4.75. The number of hydrogen-bond donors (Lipinski definition) is 1. The Bertz CT molecular complexity index is 184. The quantitative estimate of drug-likeness (QED) is 0.701. The van der Waals surface area contributed by atoms with Crippen molar-refractivity contribution in [1.29, 1.82) is 0 Å². The van der Waals surface area contributed by atoms with Crippen molar-refractivity contribution >= 4 is 0 Å². The van der Waals surface area contributed by atoms with Gasteiger partial charge < -0.3 is 10.2 Å². The van der Waals surface area contributed by atoms with Crippen LogP contribution >= 0.6 is 0 Å². The minimum absolute atomic E-state index is 0.466. The second-order valence-corrected chi connectivity index (χ2v) is 6.42. The summed E-state index contributed by atoms with van der Waals surface area (Å²) in [6.07, 6.45) is 4.04. The summed E-state index contributed by atoms with van der Waals surface area (Å²) in [6.45, 7) is 15.4. The van der Waals surface area contributed by atoms with Crippen LogP contribution in [0.4, 0.5) is 0 Å². The zero-order chi connectivity index (χ0) is 12.0. The molecular weight excluding hydrogens is 196 g/mol. The van der Waals surface area contributed by atoms with Crippen molar-refractivity contribution in [2.45, 2.75) is 47.0 Å². The van der Waals surface area contributed by atoms with E-state index in [2.05, 4.69) is 37.9 Å². The lowest BCUT2D eigenvalue weighted by molar-refractivity contribution is 0.311. The van der Waals surface area contributed by atoms with Crippen molar-refractivity contribution in [1.82, 2.24) is 10.2 Å². The largest absolute Gasteiger partial charge is 0.315 e. The molecule has 1 aliphatic heterocycles. The van der Waals surface area contributed by atoms with Gasteiger partial charge >= 0.3 is 0 Å². The van der Waals surface area contributed by atoms with Crippen LogP contribution in [-0.2, 0) is 0 Å². The molecule has 0 amide bonds. The highest BCUT2D eigenvalue weighted by atomic mass is 15.2. The Morgan fingerprint density at radius 3 is 2.56 bits per heavy atom. The second kappa shape index (κ2) is 6.61. The molecule has 0 bridgehead atoms. The van der Waals surface area contributed by atoms with Crippen molar-refractivity contribution in [3.63, 3.8) is 0 Å². The highest BCUT2D eigenvalue weighted by Crippen LogP contribution is 2.18. The molecule has 2 nitrogen and oxygen atoms in total. The van der Waals surface area contributed by atoms with Gasteiger partial charge in [0.1, 0.15) is 0 Å². The Hall–Kier alpha value is -0.0800. The molecule has 0 aromatic carbocycles. The first-order chi connectivity index (χ1) is 7.51. The van der Waals surface area contributed by atoms with E-state index in [1.807, 2.05) is 0 Å². The number of nitrogens with one attached hydrogen (secondary N) is 1. The molecule has 0 aromatic rings. The maximum atomic E-state index is 3.56. The summed E-state index contributed by atoms with van der Waals surface area (Å²) >= 11 is 0. The molecule has 0 aromatic heterocycles. The van der Waals surface area contributed by atoms with Gasteiger partial charge in [-0.1, -0.05) is 34.1 Å². The highest BCUT2D eigenvalue weighted by Gasteiger charge is 2.19. The van der Waals surface area contributed by atoms with Gasteiger partial charge in [-0.15, -0.1) is 0 Å². The smallest absolute Gasteiger partial charge is 0.0107 e. The normalized spacial score (nSPS) is 22.9. The first kappa shape index (κ1) is 14.0. The van der Waals surface area contributed by atoms with Crippen LogP contribution in [0, 0.1) is 11.3 Å². The summed E-state index contributed by atoms with van der Waals surface area (Å²) in [5.74, 6) is 0.967. The molecule has 0 spiro atoms. The SMILES string of the molecule is CCC1CCN(CCNCCC(C)(C)C)C1. The lowest BCUT2D eigenvalue weighted by Crippen LogP contribution is -2.32. The molecule has 0 saturated carbocycles. The number of likely N-dealkylation sites (tertiary alicyclic amines) is 1. The van der Waals surface area contributed by atoms with Crippen molar-refractivity contribution in [3.8, 4) is 0 Å². The predicted molar refractivity (Wildman–Crippen MR) is 71.8 cm³/mol. The van der Waals surface area contributed by atoms with Gasteiger partial charge in [0.05, 0.1) is 0 Å². The second-order valence-electron chi connectivity index (χ2n) is 6.42. The van der Waals surface area contributed by atoms with Gasteiger partial charge in [-0.3, -0.25) is 0 Å². The average molecular weight is 226 g/mol. The van der Waals surface area contributed by atoms with E-state index in [1.165, 1.54) is 38.9 Å². The van der Waals surface area contributed by atoms with Crippen LogP contribution in [0.1, 0.15) is 47.0 Å². The van der Waals surface area contributed by atoms with Gasteiger partial charge in [0.25, 0.3) is 0 Å². The molecule has 1 atom stereocenters. The zero-order valence-electron chi connectivity index (χ0n) is 11.7. The van der Waals surface area contributed by atoms with Gasteiger partial charge in [0.15, 0.2) is 0 Å². The summed E-state index contributed by atoms with van der Waals surface area (Å²) < 4.78 is 0. The van der Waals surface area contributed by atoms with Crippen LogP contribution in [0.25, 0.3) is 0 Å². The van der Waals surface area contributed by atoms with E-state index >= 15 is 0 Å². The summed E-state index contributed by atoms with van der Waals surface area (Å²) in [4.78, 5) is 2.61. The van der Waals surface area contributed by atoms with Gasteiger partial charge in [-0.05, 0) is 37.3 Å². The monoisotopic (exact) mass is 226 g/mol. The molecule has 0 radical (unpaired) electrons. The van der Waals surface area contributed by atoms with Gasteiger partial charge in [0.2, 0.25) is 0 Å². The molecule has 2 heteroatoms. The van der Waals surface area contributed by atoms with E-state index < -0.39 is 0 Å². The first-order valence-electron chi connectivity index (χ1n) is 6.94. The fourth-order valence-electron chi connectivity index (χ4n) is 2.27. The van der Waals surface area contributed by atoms with Crippen molar-refractivity contribution in [2.24, 2.45) is 11.3 Å². The maximum absolute atomic E-state index is 3.56. The Morgan fingerprint density at radius 1 is 1.25 bits per heavy atom. The standard InChI is InChI=1S/C14H30N2/c1-5-13-6-10-16(12-13)11-9-15-8-7-14(2,3)4/h13,15H,5-12H2,1-4H3. The number of hydrogen-bond acceptors (Lipinski definition) is 2. The summed E-state index contributed by atoms with van der Waals surface area (Å²) in [7, 11) is 0. The third-order valence-corrected chi connectivity index (χ3v) is 3.60. The number of rotatable bonds is 6. The molecular formula is C14H30N2. The average Bonchev–Trinajstić information content (AvgIpc) is 2.63. The third-order valence-electron chi connectivity index (χ3n) is 3.60. The van der Waals surface area contributed by atoms with Crippen molar-refractivity contribution in [3.05, 3.63) is 0 Å². The van der Waals surface area contributed by atoms with Crippen molar-refractivity contribution < 1.29 is 0 Å². The fourth-order valence-corrected chi connectivity index (χ4v) is 2.27. The van der Waals surface area contributed by atoms with Crippen LogP contribution in [-0.4, -0.2) is 37.6 Å². The Morgan fingerprint density at radius 2 is 2.00 bits per heavy atom. The van der Waals surface area contributed by atoms with E-state index in [-0.39, 0.29) is 0 Å². The van der Waals surface area contributed by atoms with Crippen LogP contribution in [0.3, 0.4) is 0 Å². The van der Waals surface area contributed by atoms with Gasteiger partial charge in [-0.25, -0.2) is 0 Å². The molecule has 1 heterocycles. The Kier molecular flexibility index (Phi) is 5.77. The zero-order valence-corrected chi connectivity index (χ0v) is 11.7. The van der Waals surface area contributed by atoms with Gasteiger partial charge in [0, 0.05) is 19.6 Å². The molecule has 1 N–H and O–H groups in total. The van der Waals surface area contributed by atoms with Crippen LogP contribution in [0.5, 0.6) is 0 Å². The van der Waals surface area contributed by atoms with Crippen LogP contribution in [0.2, 0.25) is 0 Å². The molecule has 1 rings (SSSR count). The summed E-state index contributed by atoms with van der Waals surface area (Å²) in [5.41, 5.74) is 0.466. The fraction of sp³-hybridized carbons (Fsp3) is 1.00. The minimum atomic E-state index is 0.466. The lowest BCUT2D eigenvalue weighted by atomic mass is 9.92. The number of nitrogens with zero attached hydrogens (tertiary/aromatic N) is 1. The Balaban J connectivity index is 1.96. The molecule has 1 aliphatic rings. The lowest BCUT2D eigenvalue weighted by Gasteiger charge is -2.19. The third kappa shape index (κ3) is 5.86. The Labute approximate surface area is 102 Å². The maximum Gasteiger partial charge on any atom is 0.0107 e. The summed E-state index contributed by atoms with van der Waals surface area (Å²) in [5, 5.41) is 3.56. The van der Waals surface area contributed by atoms with E-state index in [9.17, 15) is 0 Å².